The van der Waals surface area contributed by atoms with Crippen LogP contribution >= 0.6 is 15.9 Å². The van der Waals surface area contributed by atoms with Crippen molar-refractivity contribution < 1.29 is 9.47 Å². The Kier molecular flexibility index (Phi) is 6.86. The average Bonchev–Trinajstić information content (AvgIpc) is 2.94. The standard InChI is InChI=1S/C21H23BrN2O2/c1-17-20(26-16-19-11-6-3-7-12-19)21(22)24(23-17)13-8-14-25-15-18-9-4-2-5-10-18/h2-7,9-12H,8,13-16H2,1H3. The number of hydrogen-bond acceptors (Lipinski definition) is 3. The largest absolute Gasteiger partial charge is 0.484 e. The van der Waals surface area contributed by atoms with Crippen molar-refractivity contribution in [2.75, 3.05) is 6.61 Å². The van der Waals surface area contributed by atoms with Gasteiger partial charge in [0.25, 0.3) is 0 Å². The van der Waals surface area contributed by atoms with E-state index < -0.39 is 0 Å². The van der Waals surface area contributed by atoms with Crippen LogP contribution in [0.4, 0.5) is 0 Å². The molecule has 4 nitrogen and oxygen atoms in total. The molecule has 0 fully saturated rings. The Morgan fingerprint density at radius 1 is 0.923 bits per heavy atom. The Morgan fingerprint density at radius 3 is 2.19 bits per heavy atom. The predicted molar refractivity (Wildman–Crippen MR) is 106 cm³/mol. The minimum Gasteiger partial charge on any atom is -0.484 e. The first-order chi connectivity index (χ1) is 12.7. The molecule has 0 amide bonds. The lowest BCUT2D eigenvalue weighted by Gasteiger charge is -2.07. The zero-order valence-electron chi connectivity index (χ0n) is 14.9. The second kappa shape index (κ2) is 9.55. The van der Waals surface area contributed by atoms with Crippen molar-refractivity contribution in [3.8, 4) is 5.75 Å². The fourth-order valence-corrected chi connectivity index (χ4v) is 3.32. The number of hydrogen-bond donors (Lipinski definition) is 0. The third-order valence-electron chi connectivity index (χ3n) is 4.01. The highest BCUT2D eigenvalue weighted by Gasteiger charge is 2.14. The van der Waals surface area contributed by atoms with E-state index in [1.54, 1.807) is 0 Å². The molecule has 0 atom stereocenters. The summed E-state index contributed by atoms with van der Waals surface area (Å²) in [6, 6.07) is 20.3. The van der Waals surface area contributed by atoms with Gasteiger partial charge in [-0.1, -0.05) is 60.7 Å². The van der Waals surface area contributed by atoms with Gasteiger partial charge in [-0.2, -0.15) is 5.10 Å². The lowest BCUT2D eigenvalue weighted by atomic mass is 10.2. The monoisotopic (exact) mass is 414 g/mol. The maximum Gasteiger partial charge on any atom is 0.175 e. The second-order valence-corrected chi connectivity index (χ2v) is 6.85. The van der Waals surface area contributed by atoms with Crippen LogP contribution in [0.15, 0.2) is 65.3 Å². The highest BCUT2D eigenvalue weighted by Crippen LogP contribution is 2.29. The van der Waals surface area contributed by atoms with E-state index in [2.05, 4.69) is 45.3 Å². The Balaban J connectivity index is 1.46. The first-order valence-electron chi connectivity index (χ1n) is 8.75. The molecule has 0 radical (unpaired) electrons. The maximum absolute atomic E-state index is 5.96. The topological polar surface area (TPSA) is 36.3 Å². The van der Waals surface area contributed by atoms with Crippen molar-refractivity contribution in [3.63, 3.8) is 0 Å². The average molecular weight is 415 g/mol. The van der Waals surface area contributed by atoms with Gasteiger partial charge in [0.1, 0.15) is 16.9 Å². The Bertz CT molecular complexity index is 804. The molecule has 5 heteroatoms. The van der Waals surface area contributed by atoms with Gasteiger partial charge in [-0.05, 0) is 40.4 Å². The van der Waals surface area contributed by atoms with Gasteiger partial charge >= 0.3 is 0 Å². The Hall–Kier alpha value is -2.11. The molecule has 136 valence electrons. The molecule has 0 bridgehead atoms. The van der Waals surface area contributed by atoms with Crippen LogP contribution < -0.4 is 4.74 Å². The SMILES string of the molecule is Cc1nn(CCCOCc2ccccc2)c(Br)c1OCc1ccccc1. The summed E-state index contributed by atoms with van der Waals surface area (Å²) >= 11 is 3.62. The molecule has 1 heterocycles. The van der Waals surface area contributed by atoms with E-state index in [4.69, 9.17) is 9.47 Å². The fraction of sp³-hybridized carbons (Fsp3) is 0.286. The van der Waals surface area contributed by atoms with E-state index in [9.17, 15) is 0 Å². The number of nitrogens with zero attached hydrogens (tertiary/aromatic N) is 2. The van der Waals surface area contributed by atoms with Gasteiger partial charge in [-0.15, -0.1) is 0 Å². The summed E-state index contributed by atoms with van der Waals surface area (Å²) in [6.07, 6.45) is 0.894. The van der Waals surface area contributed by atoms with Crippen molar-refractivity contribution in [1.82, 2.24) is 9.78 Å². The van der Waals surface area contributed by atoms with Gasteiger partial charge in [0.15, 0.2) is 5.75 Å². The maximum atomic E-state index is 5.96. The van der Waals surface area contributed by atoms with Crippen LogP contribution in [0.3, 0.4) is 0 Å². The summed E-state index contributed by atoms with van der Waals surface area (Å²) in [6.45, 7) is 4.62. The summed E-state index contributed by atoms with van der Waals surface area (Å²) in [5.74, 6) is 0.805. The van der Waals surface area contributed by atoms with E-state index in [-0.39, 0.29) is 0 Å². The van der Waals surface area contributed by atoms with Crippen molar-refractivity contribution in [2.24, 2.45) is 0 Å². The normalized spacial score (nSPS) is 10.8. The molecule has 0 N–H and O–H groups in total. The first-order valence-corrected chi connectivity index (χ1v) is 9.54. The molecule has 0 aliphatic rings. The molecule has 0 aliphatic carbocycles. The summed E-state index contributed by atoms with van der Waals surface area (Å²) in [5, 5.41) is 4.57. The fourth-order valence-electron chi connectivity index (χ4n) is 2.66. The molecule has 3 rings (SSSR count). The molecular weight excluding hydrogens is 392 g/mol. The molecule has 0 unspecified atom stereocenters. The Labute approximate surface area is 162 Å². The predicted octanol–water partition coefficient (Wildman–Crippen LogP) is 5.14. The van der Waals surface area contributed by atoms with Crippen LogP contribution in [0, 0.1) is 6.92 Å². The lowest BCUT2D eigenvalue weighted by Crippen LogP contribution is -2.05. The minimum absolute atomic E-state index is 0.534. The van der Waals surface area contributed by atoms with Crippen molar-refractivity contribution >= 4 is 15.9 Å². The van der Waals surface area contributed by atoms with E-state index in [1.165, 1.54) is 5.56 Å². The molecule has 0 aliphatic heterocycles. The van der Waals surface area contributed by atoms with Crippen molar-refractivity contribution in [2.45, 2.75) is 33.1 Å². The molecular formula is C21H23BrN2O2. The van der Waals surface area contributed by atoms with E-state index in [1.807, 2.05) is 48.0 Å². The van der Waals surface area contributed by atoms with Gasteiger partial charge in [0, 0.05) is 13.2 Å². The Morgan fingerprint density at radius 2 is 1.54 bits per heavy atom. The minimum atomic E-state index is 0.534. The molecule has 1 aromatic heterocycles. The van der Waals surface area contributed by atoms with Gasteiger partial charge < -0.3 is 9.47 Å². The zero-order chi connectivity index (χ0) is 18.2. The molecule has 0 saturated heterocycles. The van der Waals surface area contributed by atoms with Gasteiger partial charge in [-0.25, -0.2) is 0 Å². The smallest absolute Gasteiger partial charge is 0.175 e. The van der Waals surface area contributed by atoms with E-state index in [0.29, 0.717) is 19.8 Å². The number of ether oxygens (including phenoxy) is 2. The van der Waals surface area contributed by atoms with Crippen LogP contribution in [0.5, 0.6) is 5.75 Å². The summed E-state index contributed by atoms with van der Waals surface area (Å²) in [7, 11) is 0. The zero-order valence-corrected chi connectivity index (χ0v) is 16.5. The van der Waals surface area contributed by atoms with E-state index in [0.717, 1.165) is 34.6 Å². The third kappa shape index (κ3) is 5.19. The van der Waals surface area contributed by atoms with Crippen molar-refractivity contribution in [1.29, 1.82) is 0 Å². The van der Waals surface area contributed by atoms with Gasteiger partial charge in [0.2, 0.25) is 0 Å². The second-order valence-electron chi connectivity index (χ2n) is 6.09. The molecule has 3 aromatic rings. The highest BCUT2D eigenvalue weighted by atomic mass is 79.9. The molecule has 2 aromatic carbocycles. The number of benzene rings is 2. The van der Waals surface area contributed by atoms with Crippen LogP contribution in [0.2, 0.25) is 0 Å². The van der Waals surface area contributed by atoms with Crippen LogP contribution in [-0.4, -0.2) is 16.4 Å². The van der Waals surface area contributed by atoms with Crippen LogP contribution in [-0.2, 0) is 24.5 Å². The van der Waals surface area contributed by atoms with E-state index >= 15 is 0 Å². The van der Waals surface area contributed by atoms with Gasteiger partial charge in [-0.3, -0.25) is 4.68 Å². The molecule has 0 saturated carbocycles. The first kappa shape index (κ1) is 18.7. The number of rotatable bonds is 9. The summed E-state index contributed by atoms with van der Waals surface area (Å²) < 4.78 is 14.5. The number of aromatic nitrogens is 2. The van der Waals surface area contributed by atoms with Gasteiger partial charge in [0.05, 0.1) is 6.61 Å². The van der Waals surface area contributed by atoms with Crippen molar-refractivity contribution in [3.05, 3.63) is 82.1 Å². The lowest BCUT2D eigenvalue weighted by molar-refractivity contribution is 0.114. The molecule has 0 spiro atoms. The highest BCUT2D eigenvalue weighted by molar-refractivity contribution is 9.10. The number of halogens is 1. The number of aryl methyl sites for hydroxylation is 2. The van der Waals surface area contributed by atoms with Crippen LogP contribution in [0.25, 0.3) is 0 Å². The quantitative estimate of drug-likeness (QED) is 0.454. The summed E-state index contributed by atoms with van der Waals surface area (Å²) in [5.41, 5.74) is 3.22. The summed E-state index contributed by atoms with van der Waals surface area (Å²) in [4.78, 5) is 0. The third-order valence-corrected chi connectivity index (χ3v) is 4.78. The molecule has 26 heavy (non-hydrogen) atoms. The van der Waals surface area contributed by atoms with Crippen LogP contribution in [0.1, 0.15) is 23.2 Å².